The SMILES string of the molecule is CCN(CC)c1ccc(C=NCC2([NH+](C)C)CCCCC2)c(O)c1. The Balaban J connectivity index is 2.08. The highest BCUT2D eigenvalue weighted by atomic mass is 16.3. The van der Waals surface area contributed by atoms with Crippen LogP contribution in [0.15, 0.2) is 23.2 Å². The van der Waals surface area contributed by atoms with Crippen molar-refractivity contribution in [3.05, 3.63) is 23.8 Å². The van der Waals surface area contributed by atoms with Crippen LogP contribution in [0.2, 0.25) is 0 Å². The van der Waals surface area contributed by atoms with E-state index in [-0.39, 0.29) is 5.54 Å². The van der Waals surface area contributed by atoms with Crippen LogP contribution >= 0.6 is 0 Å². The molecule has 0 radical (unpaired) electrons. The van der Waals surface area contributed by atoms with Crippen molar-refractivity contribution >= 4 is 11.9 Å². The van der Waals surface area contributed by atoms with E-state index in [1.54, 1.807) is 0 Å². The highest BCUT2D eigenvalue weighted by Crippen LogP contribution is 2.26. The lowest BCUT2D eigenvalue weighted by atomic mass is 9.81. The fourth-order valence-corrected chi connectivity index (χ4v) is 3.79. The third kappa shape index (κ3) is 4.29. The Hall–Kier alpha value is -1.55. The second-order valence-corrected chi connectivity index (χ2v) is 7.23. The number of likely N-dealkylation sites (N-methyl/N-ethyl adjacent to an activating group) is 1. The van der Waals surface area contributed by atoms with E-state index in [4.69, 9.17) is 4.99 Å². The number of hydrogen-bond acceptors (Lipinski definition) is 3. The smallest absolute Gasteiger partial charge is 0.126 e. The molecule has 4 heteroatoms. The van der Waals surface area contributed by atoms with E-state index in [1.165, 1.54) is 37.0 Å². The molecule has 1 saturated carbocycles. The van der Waals surface area contributed by atoms with Gasteiger partial charge in [0.05, 0.1) is 20.6 Å². The van der Waals surface area contributed by atoms with Crippen LogP contribution in [0, 0.1) is 0 Å². The van der Waals surface area contributed by atoms with E-state index in [9.17, 15) is 5.11 Å². The quantitative estimate of drug-likeness (QED) is 0.753. The number of nitrogens with one attached hydrogen (secondary N) is 1. The van der Waals surface area contributed by atoms with E-state index in [0.717, 1.165) is 30.9 Å². The van der Waals surface area contributed by atoms with Crippen LogP contribution in [-0.4, -0.2) is 50.6 Å². The van der Waals surface area contributed by atoms with Gasteiger partial charge in [0.2, 0.25) is 0 Å². The number of anilines is 1. The van der Waals surface area contributed by atoms with E-state index >= 15 is 0 Å². The third-order valence-electron chi connectivity index (χ3n) is 5.64. The number of aliphatic imine (C=N–C) groups is 1. The van der Waals surface area contributed by atoms with Crippen LogP contribution in [0.25, 0.3) is 0 Å². The molecule has 2 rings (SSSR count). The Morgan fingerprint density at radius 1 is 1.17 bits per heavy atom. The van der Waals surface area contributed by atoms with Crippen molar-refractivity contribution in [2.45, 2.75) is 51.5 Å². The second kappa shape index (κ2) is 8.52. The van der Waals surface area contributed by atoms with Gasteiger partial charge < -0.3 is 14.9 Å². The molecule has 2 N–H and O–H groups in total. The molecule has 134 valence electrons. The van der Waals surface area contributed by atoms with Crippen LogP contribution in [-0.2, 0) is 0 Å². The van der Waals surface area contributed by atoms with Crippen molar-refractivity contribution in [1.82, 2.24) is 0 Å². The summed E-state index contributed by atoms with van der Waals surface area (Å²) >= 11 is 0. The van der Waals surface area contributed by atoms with Gasteiger partial charge in [-0.05, 0) is 38.8 Å². The fraction of sp³-hybridized carbons (Fsp3) is 0.650. The van der Waals surface area contributed by atoms with Gasteiger partial charge in [-0.3, -0.25) is 4.99 Å². The van der Waals surface area contributed by atoms with Gasteiger partial charge in [0.15, 0.2) is 0 Å². The minimum Gasteiger partial charge on any atom is -0.507 e. The van der Waals surface area contributed by atoms with E-state index in [1.807, 2.05) is 18.3 Å². The van der Waals surface area contributed by atoms with E-state index in [2.05, 4.69) is 38.9 Å². The fourth-order valence-electron chi connectivity index (χ4n) is 3.79. The Bertz CT molecular complexity index is 544. The molecule has 0 bridgehead atoms. The summed E-state index contributed by atoms with van der Waals surface area (Å²) in [5.74, 6) is 0.318. The molecule has 1 aromatic rings. The number of phenolic OH excluding ortho intramolecular Hbond substituents is 1. The number of benzene rings is 1. The Morgan fingerprint density at radius 2 is 1.83 bits per heavy atom. The van der Waals surface area contributed by atoms with Gasteiger partial charge in [0.25, 0.3) is 0 Å². The third-order valence-corrected chi connectivity index (χ3v) is 5.64. The molecule has 1 aromatic carbocycles. The molecule has 0 aliphatic heterocycles. The summed E-state index contributed by atoms with van der Waals surface area (Å²) in [6, 6.07) is 5.89. The molecule has 0 spiro atoms. The van der Waals surface area contributed by atoms with Crippen molar-refractivity contribution < 1.29 is 10.0 Å². The first-order valence-electron chi connectivity index (χ1n) is 9.41. The lowest BCUT2D eigenvalue weighted by Crippen LogP contribution is -3.16. The number of aromatic hydroxyl groups is 1. The topological polar surface area (TPSA) is 40.3 Å². The lowest BCUT2D eigenvalue weighted by molar-refractivity contribution is -0.915. The average Bonchev–Trinajstić information content (AvgIpc) is 2.58. The number of hydrogen-bond donors (Lipinski definition) is 2. The maximum Gasteiger partial charge on any atom is 0.126 e. The molecule has 0 aromatic heterocycles. The minimum atomic E-state index is 0.269. The largest absolute Gasteiger partial charge is 0.507 e. The molecule has 1 aliphatic carbocycles. The highest BCUT2D eigenvalue weighted by Gasteiger charge is 2.37. The first kappa shape index (κ1) is 18.8. The van der Waals surface area contributed by atoms with Gasteiger partial charge in [-0.2, -0.15) is 0 Å². The van der Waals surface area contributed by atoms with Gasteiger partial charge in [0, 0.05) is 49.5 Å². The molecule has 4 nitrogen and oxygen atoms in total. The van der Waals surface area contributed by atoms with Crippen LogP contribution in [0.3, 0.4) is 0 Å². The van der Waals surface area contributed by atoms with Crippen LogP contribution in [0.5, 0.6) is 5.75 Å². The number of rotatable bonds is 7. The molecular weight excluding hydrogens is 298 g/mol. The van der Waals surface area contributed by atoms with Gasteiger partial charge in [-0.15, -0.1) is 0 Å². The first-order valence-corrected chi connectivity index (χ1v) is 9.41. The van der Waals surface area contributed by atoms with Crippen molar-refractivity contribution in [2.24, 2.45) is 4.99 Å². The Labute approximate surface area is 147 Å². The number of phenols is 1. The normalized spacial score (nSPS) is 17.5. The van der Waals surface area contributed by atoms with Crippen LogP contribution in [0.4, 0.5) is 5.69 Å². The summed E-state index contributed by atoms with van der Waals surface area (Å²) in [6.45, 7) is 6.98. The van der Waals surface area contributed by atoms with Crippen molar-refractivity contribution in [2.75, 3.05) is 38.6 Å². The monoisotopic (exact) mass is 332 g/mol. The zero-order valence-corrected chi connectivity index (χ0v) is 15.8. The predicted octanol–water partition coefficient (Wildman–Crippen LogP) is 2.50. The summed E-state index contributed by atoms with van der Waals surface area (Å²) in [6.07, 6.45) is 8.32. The zero-order valence-electron chi connectivity index (χ0n) is 15.8. The second-order valence-electron chi connectivity index (χ2n) is 7.23. The average molecular weight is 333 g/mol. The van der Waals surface area contributed by atoms with Crippen LogP contribution in [0.1, 0.15) is 51.5 Å². The van der Waals surface area contributed by atoms with E-state index < -0.39 is 0 Å². The first-order chi connectivity index (χ1) is 11.5. The lowest BCUT2D eigenvalue weighted by Gasteiger charge is -2.38. The number of quaternary nitrogens is 1. The standard InChI is InChI=1S/C20H33N3O/c1-5-23(6-2)18-11-10-17(19(24)14-18)15-21-16-20(22(3)4)12-8-7-9-13-20/h10-11,14-15,24H,5-9,12-13,16H2,1-4H3/p+1. The molecule has 1 aliphatic rings. The molecule has 0 heterocycles. The van der Waals surface area contributed by atoms with Crippen LogP contribution < -0.4 is 9.80 Å². The minimum absolute atomic E-state index is 0.269. The molecule has 1 fully saturated rings. The molecule has 24 heavy (non-hydrogen) atoms. The van der Waals surface area contributed by atoms with E-state index in [0.29, 0.717) is 5.75 Å². The maximum atomic E-state index is 10.3. The van der Waals surface area contributed by atoms with Gasteiger partial charge >= 0.3 is 0 Å². The van der Waals surface area contributed by atoms with Crippen molar-refractivity contribution in [3.63, 3.8) is 0 Å². The molecule has 0 saturated heterocycles. The Kier molecular flexibility index (Phi) is 6.67. The van der Waals surface area contributed by atoms with Gasteiger partial charge in [-0.1, -0.05) is 6.42 Å². The Morgan fingerprint density at radius 3 is 2.38 bits per heavy atom. The molecule has 0 unspecified atom stereocenters. The summed E-state index contributed by atoms with van der Waals surface area (Å²) in [5.41, 5.74) is 2.15. The summed E-state index contributed by atoms with van der Waals surface area (Å²) in [5, 5.41) is 10.3. The van der Waals surface area contributed by atoms with Gasteiger partial charge in [0.1, 0.15) is 11.3 Å². The predicted molar refractivity (Wildman–Crippen MR) is 103 cm³/mol. The highest BCUT2D eigenvalue weighted by molar-refractivity contribution is 5.84. The summed E-state index contributed by atoms with van der Waals surface area (Å²) in [7, 11) is 4.49. The zero-order chi connectivity index (χ0) is 17.6. The molecule has 0 amide bonds. The van der Waals surface area contributed by atoms with Crippen molar-refractivity contribution in [3.8, 4) is 5.75 Å². The van der Waals surface area contributed by atoms with Crippen molar-refractivity contribution in [1.29, 1.82) is 0 Å². The summed E-state index contributed by atoms with van der Waals surface area (Å²) in [4.78, 5) is 8.44. The molecule has 0 atom stereocenters. The van der Waals surface area contributed by atoms with Gasteiger partial charge in [-0.25, -0.2) is 0 Å². The molecular formula is C20H34N3O+. The maximum absolute atomic E-state index is 10.3. The number of nitrogens with zero attached hydrogens (tertiary/aromatic N) is 2. The summed E-state index contributed by atoms with van der Waals surface area (Å²) < 4.78 is 0.